The van der Waals surface area contributed by atoms with Crippen molar-refractivity contribution in [1.29, 1.82) is 0 Å². The maximum atomic E-state index is 13.2. The predicted octanol–water partition coefficient (Wildman–Crippen LogP) is 4.54. The number of benzene rings is 2. The molecule has 2 aromatic carbocycles. The van der Waals surface area contributed by atoms with Crippen molar-refractivity contribution in [3.05, 3.63) is 57.8 Å². The molecule has 7 heteroatoms. The van der Waals surface area contributed by atoms with Crippen LogP contribution in [0.15, 0.2) is 36.4 Å². The van der Waals surface area contributed by atoms with Crippen LogP contribution in [-0.4, -0.2) is 18.6 Å². The maximum absolute atomic E-state index is 13.2. The van der Waals surface area contributed by atoms with Crippen molar-refractivity contribution in [3.63, 3.8) is 0 Å². The van der Waals surface area contributed by atoms with Crippen molar-refractivity contribution in [2.24, 2.45) is 0 Å². The minimum Gasteiger partial charge on any atom is -0.491 e. The third-order valence-corrected chi connectivity index (χ3v) is 4.43. The Bertz CT molecular complexity index is 800. The van der Waals surface area contributed by atoms with Crippen LogP contribution in [0.3, 0.4) is 0 Å². The van der Waals surface area contributed by atoms with Gasteiger partial charge in [0.15, 0.2) is 6.10 Å². The van der Waals surface area contributed by atoms with Crippen molar-refractivity contribution < 1.29 is 18.7 Å². The number of fused-ring (bicyclic) bond motifs is 1. The van der Waals surface area contributed by atoms with Gasteiger partial charge in [-0.15, -0.1) is 0 Å². The first-order valence-corrected chi connectivity index (χ1v) is 8.58. The maximum Gasteiger partial charge on any atom is 0.261 e. The number of rotatable bonds is 5. The number of hydrogen-bond acceptors (Lipinski definition) is 3. The lowest BCUT2D eigenvalue weighted by atomic mass is 10.1. The third kappa shape index (κ3) is 3.99. The molecule has 2 atom stereocenters. The Morgan fingerprint density at radius 3 is 2.88 bits per heavy atom. The molecule has 25 heavy (non-hydrogen) atoms. The molecule has 0 aliphatic carbocycles. The van der Waals surface area contributed by atoms with E-state index < -0.39 is 6.10 Å². The number of carbonyl (C=O) groups is 1. The Morgan fingerprint density at radius 2 is 2.16 bits per heavy atom. The molecule has 1 aliphatic rings. The van der Waals surface area contributed by atoms with Crippen LogP contribution in [-0.2, 0) is 4.79 Å². The molecule has 2 unspecified atom stereocenters. The van der Waals surface area contributed by atoms with Gasteiger partial charge in [-0.1, -0.05) is 36.2 Å². The van der Waals surface area contributed by atoms with E-state index >= 15 is 0 Å². The van der Waals surface area contributed by atoms with Crippen LogP contribution in [0.2, 0.25) is 10.0 Å². The van der Waals surface area contributed by atoms with Gasteiger partial charge in [0.05, 0.1) is 11.1 Å². The molecule has 2 aromatic rings. The second-order valence-corrected chi connectivity index (χ2v) is 6.49. The summed E-state index contributed by atoms with van der Waals surface area (Å²) in [5, 5.41) is 3.70. The first kappa shape index (κ1) is 17.8. The van der Waals surface area contributed by atoms with Gasteiger partial charge in [-0.3, -0.25) is 4.79 Å². The van der Waals surface area contributed by atoms with Gasteiger partial charge in [-0.2, -0.15) is 0 Å². The Balaban J connectivity index is 1.69. The lowest BCUT2D eigenvalue weighted by Gasteiger charge is -2.20. The van der Waals surface area contributed by atoms with Gasteiger partial charge < -0.3 is 14.8 Å². The summed E-state index contributed by atoms with van der Waals surface area (Å²) < 4.78 is 24.4. The standard InChI is InChI=1S/C18H16Cl2FNO3/c1-2-15(25-16-6-3-10(19)7-13(16)20)18(23)22-14-9-24-17-8-11(21)4-5-12(14)17/h3-8,14-15H,2,9H2,1H3,(H,22,23). The van der Waals surface area contributed by atoms with E-state index in [0.717, 1.165) is 5.56 Å². The number of hydrogen-bond donors (Lipinski definition) is 1. The highest BCUT2D eigenvalue weighted by atomic mass is 35.5. The van der Waals surface area contributed by atoms with E-state index in [1.807, 2.05) is 6.92 Å². The summed E-state index contributed by atoms with van der Waals surface area (Å²) in [6, 6.07) is 8.73. The molecule has 1 heterocycles. The molecule has 0 fully saturated rings. The van der Waals surface area contributed by atoms with Crippen LogP contribution in [0.1, 0.15) is 24.9 Å². The average Bonchev–Trinajstić information content (AvgIpc) is 2.96. The SMILES string of the molecule is CCC(Oc1ccc(Cl)cc1Cl)C(=O)NC1COc2cc(F)ccc21. The van der Waals surface area contributed by atoms with Crippen molar-refractivity contribution in [3.8, 4) is 11.5 Å². The number of amides is 1. The highest BCUT2D eigenvalue weighted by Gasteiger charge is 2.29. The van der Waals surface area contributed by atoms with Crippen molar-refractivity contribution in [2.45, 2.75) is 25.5 Å². The van der Waals surface area contributed by atoms with Crippen molar-refractivity contribution in [2.75, 3.05) is 6.61 Å². The van der Waals surface area contributed by atoms with Crippen molar-refractivity contribution in [1.82, 2.24) is 5.32 Å². The normalized spacial score (nSPS) is 16.7. The zero-order valence-corrected chi connectivity index (χ0v) is 14.9. The predicted molar refractivity (Wildman–Crippen MR) is 93.9 cm³/mol. The quantitative estimate of drug-likeness (QED) is 0.824. The van der Waals surface area contributed by atoms with Gasteiger partial charge in [0.1, 0.15) is 23.9 Å². The van der Waals surface area contributed by atoms with Gasteiger partial charge >= 0.3 is 0 Å². The molecule has 3 rings (SSSR count). The number of ether oxygens (including phenoxy) is 2. The molecule has 4 nitrogen and oxygen atoms in total. The summed E-state index contributed by atoms with van der Waals surface area (Å²) >= 11 is 12.0. The van der Waals surface area contributed by atoms with E-state index in [2.05, 4.69) is 5.32 Å². The largest absolute Gasteiger partial charge is 0.491 e. The van der Waals surface area contributed by atoms with E-state index in [9.17, 15) is 9.18 Å². The van der Waals surface area contributed by atoms with Gasteiger partial charge in [0.2, 0.25) is 0 Å². The molecule has 0 spiro atoms. The lowest BCUT2D eigenvalue weighted by Crippen LogP contribution is -2.40. The fourth-order valence-corrected chi connectivity index (χ4v) is 3.07. The molecule has 0 saturated heterocycles. The fraction of sp³-hybridized carbons (Fsp3) is 0.278. The van der Waals surface area contributed by atoms with Crippen LogP contribution >= 0.6 is 23.2 Å². The molecule has 1 aliphatic heterocycles. The van der Waals surface area contributed by atoms with Crippen LogP contribution < -0.4 is 14.8 Å². The van der Waals surface area contributed by atoms with Gasteiger partial charge in [0.25, 0.3) is 5.91 Å². The molecular formula is C18H16Cl2FNO3. The lowest BCUT2D eigenvalue weighted by molar-refractivity contribution is -0.129. The first-order valence-electron chi connectivity index (χ1n) is 7.82. The van der Waals surface area contributed by atoms with Gasteiger partial charge in [-0.25, -0.2) is 4.39 Å². The fourth-order valence-electron chi connectivity index (χ4n) is 2.61. The Hall–Kier alpha value is -1.98. The molecule has 1 amide bonds. The zero-order valence-electron chi connectivity index (χ0n) is 13.4. The number of halogens is 3. The first-order chi connectivity index (χ1) is 12.0. The number of carbonyl (C=O) groups excluding carboxylic acids is 1. The highest BCUT2D eigenvalue weighted by Crippen LogP contribution is 2.33. The molecular weight excluding hydrogens is 368 g/mol. The van der Waals surface area contributed by atoms with Crippen LogP contribution in [0.4, 0.5) is 4.39 Å². The topological polar surface area (TPSA) is 47.6 Å². The minimum atomic E-state index is -0.719. The molecule has 1 N–H and O–H groups in total. The van der Waals surface area contributed by atoms with E-state index in [1.54, 1.807) is 24.3 Å². The molecule has 0 bridgehead atoms. The summed E-state index contributed by atoms with van der Waals surface area (Å²) in [6.45, 7) is 2.09. The number of nitrogens with one attached hydrogen (secondary N) is 1. The van der Waals surface area contributed by atoms with Crippen LogP contribution in [0.5, 0.6) is 11.5 Å². The summed E-state index contributed by atoms with van der Waals surface area (Å²) in [6.07, 6.45) is -0.266. The highest BCUT2D eigenvalue weighted by molar-refractivity contribution is 6.35. The summed E-state index contributed by atoms with van der Waals surface area (Å²) in [7, 11) is 0. The van der Waals surface area contributed by atoms with Crippen molar-refractivity contribution >= 4 is 29.1 Å². The van der Waals surface area contributed by atoms with Gasteiger partial charge in [-0.05, 0) is 30.7 Å². The van der Waals surface area contributed by atoms with Gasteiger partial charge in [0, 0.05) is 16.7 Å². The zero-order chi connectivity index (χ0) is 18.0. The smallest absolute Gasteiger partial charge is 0.261 e. The molecule has 0 saturated carbocycles. The molecule has 0 radical (unpaired) electrons. The summed E-state index contributed by atoms with van der Waals surface area (Å²) in [5.41, 5.74) is 0.745. The van der Waals surface area contributed by atoms with Crippen LogP contribution in [0.25, 0.3) is 0 Å². The summed E-state index contributed by atoms with van der Waals surface area (Å²) in [4.78, 5) is 12.6. The Kier molecular flexibility index (Phi) is 5.35. The van der Waals surface area contributed by atoms with E-state index in [1.165, 1.54) is 12.1 Å². The Labute approximate surface area is 154 Å². The van der Waals surface area contributed by atoms with E-state index in [0.29, 0.717) is 28.0 Å². The monoisotopic (exact) mass is 383 g/mol. The Morgan fingerprint density at radius 1 is 1.36 bits per heavy atom. The minimum absolute atomic E-state index is 0.253. The molecule has 132 valence electrons. The average molecular weight is 384 g/mol. The summed E-state index contributed by atoms with van der Waals surface area (Å²) in [5.74, 6) is 0.162. The van der Waals surface area contributed by atoms with E-state index in [-0.39, 0.29) is 24.4 Å². The molecule has 0 aromatic heterocycles. The second kappa shape index (κ2) is 7.50. The van der Waals surface area contributed by atoms with E-state index in [4.69, 9.17) is 32.7 Å². The van der Waals surface area contributed by atoms with Crippen LogP contribution in [0, 0.1) is 5.82 Å². The second-order valence-electron chi connectivity index (χ2n) is 5.64. The third-order valence-electron chi connectivity index (χ3n) is 3.90.